The predicted molar refractivity (Wildman–Crippen MR) is 62.4 cm³/mol. The molecule has 0 spiro atoms. The third kappa shape index (κ3) is 2.38. The second-order valence-electron chi connectivity index (χ2n) is 4.53. The van der Waals surface area contributed by atoms with Crippen LogP contribution in [0.4, 0.5) is 0 Å². The number of benzene rings is 1. The molecule has 0 amide bonds. The molecule has 0 aliphatic carbocycles. The smallest absolute Gasteiger partial charge is 0.0936 e. The van der Waals surface area contributed by atoms with Gasteiger partial charge in [0.25, 0.3) is 0 Å². The van der Waals surface area contributed by atoms with Crippen LogP contribution >= 0.6 is 7.26 Å². The molecule has 0 aromatic heterocycles. The van der Waals surface area contributed by atoms with Crippen LogP contribution in [-0.4, -0.2) is 19.0 Å². The lowest BCUT2D eigenvalue weighted by atomic mass is 10.2. The van der Waals surface area contributed by atoms with Gasteiger partial charge in [-0.2, -0.15) is 0 Å². The normalized spacial score (nSPS) is 31.1. The minimum Gasteiger partial charge on any atom is -1.00 e. The van der Waals surface area contributed by atoms with Gasteiger partial charge in [-0.25, -0.2) is 0 Å². The van der Waals surface area contributed by atoms with Crippen LogP contribution in [0, 0.1) is 5.92 Å². The van der Waals surface area contributed by atoms with Gasteiger partial charge in [-0.05, 0) is 24.5 Å². The van der Waals surface area contributed by atoms with Crippen molar-refractivity contribution < 1.29 is 17.0 Å². The third-order valence-electron chi connectivity index (χ3n) is 3.21. The van der Waals surface area contributed by atoms with Gasteiger partial charge in [0.15, 0.2) is 0 Å². The van der Waals surface area contributed by atoms with Crippen LogP contribution in [0.25, 0.3) is 0 Å². The average molecular weight is 273 g/mol. The summed E-state index contributed by atoms with van der Waals surface area (Å²) >= 11 is 0. The Morgan fingerprint density at radius 3 is 2.36 bits per heavy atom. The maximum Gasteiger partial charge on any atom is 0.0936 e. The van der Waals surface area contributed by atoms with Crippen LogP contribution in [0.5, 0.6) is 0 Å². The Morgan fingerprint density at radius 2 is 1.86 bits per heavy atom. The Morgan fingerprint density at radius 1 is 1.21 bits per heavy atom. The van der Waals surface area contributed by atoms with Crippen molar-refractivity contribution in [3.8, 4) is 0 Å². The van der Waals surface area contributed by atoms with Crippen molar-refractivity contribution in [1.82, 2.24) is 0 Å². The van der Waals surface area contributed by atoms with Gasteiger partial charge in [0, 0.05) is 7.26 Å². The van der Waals surface area contributed by atoms with Crippen molar-refractivity contribution in [1.29, 1.82) is 0 Å². The number of hydrogen-bond acceptors (Lipinski definition) is 0. The van der Waals surface area contributed by atoms with Crippen LogP contribution in [-0.2, 0) is 0 Å². The predicted octanol–water partition coefficient (Wildman–Crippen LogP) is 0.00310. The first kappa shape index (κ1) is 12.2. The second kappa shape index (κ2) is 4.77. The zero-order valence-corrected chi connectivity index (χ0v) is 11.4. The first-order chi connectivity index (χ1) is 6.21. The maximum absolute atomic E-state index is 2.52. The highest BCUT2D eigenvalue weighted by molar-refractivity contribution is 7.82. The summed E-state index contributed by atoms with van der Waals surface area (Å²) in [4.78, 5) is 0. The van der Waals surface area contributed by atoms with Gasteiger partial charge < -0.3 is 17.0 Å². The van der Waals surface area contributed by atoms with E-state index in [1.165, 1.54) is 18.7 Å². The Labute approximate surface area is 98.2 Å². The van der Waals surface area contributed by atoms with E-state index in [0.717, 1.165) is 5.92 Å². The molecular weight excluding hydrogens is 255 g/mol. The van der Waals surface area contributed by atoms with Gasteiger partial charge >= 0.3 is 0 Å². The van der Waals surface area contributed by atoms with E-state index < -0.39 is 7.26 Å². The molecule has 78 valence electrons. The lowest BCUT2D eigenvalue weighted by Gasteiger charge is -2.16. The molecule has 1 saturated heterocycles. The molecule has 2 rings (SSSR count). The van der Waals surface area contributed by atoms with Crippen molar-refractivity contribution in [2.45, 2.75) is 13.3 Å². The monoisotopic (exact) mass is 272 g/mol. The standard InChI is InChI=1S/C12H18P.BrH/c1-11-8-9-13(2,10-11)12-6-4-3-5-7-12;/h3-7,11H,8-10H2,1-2H3;1H/q+1;/p-1/t11-,13?;/m0./s1. The summed E-state index contributed by atoms with van der Waals surface area (Å²) in [6.45, 7) is 4.92. The maximum atomic E-state index is 2.52. The van der Waals surface area contributed by atoms with Crippen molar-refractivity contribution in [3.63, 3.8) is 0 Å². The van der Waals surface area contributed by atoms with Crippen molar-refractivity contribution in [2.75, 3.05) is 19.0 Å². The van der Waals surface area contributed by atoms with E-state index in [1.807, 2.05) is 0 Å². The van der Waals surface area contributed by atoms with Crippen LogP contribution in [0.3, 0.4) is 0 Å². The van der Waals surface area contributed by atoms with Crippen molar-refractivity contribution in [3.05, 3.63) is 30.3 Å². The van der Waals surface area contributed by atoms with Crippen LogP contribution in [0.1, 0.15) is 13.3 Å². The molecule has 1 aliphatic heterocycles. The molecule has 14 heavy (non-hydrogen) atoms. The summed E-state index contributed by atoms with van der Waals surface area (Å²) in [5.74, 6) is 0.957. The Balaban J connectivity index is 0.000000980. The minimum absolute atomic E-state index is 0. The fraction of sp³-hybridized carbons (Fsp3) is 0.500. The Bertz CT molecular complexity index is 286. The molecular formula is C12H18BrP. The van der Waals surface area contributed by atoms with E-state index in [2.05, 4.69) is 43.9 Å². The molecule has 0 radical (unpaired) electrons. The summed E-state index contributed by atoms with van der Waals surface area (Å²) in [6, 6.07) is 11.1. The minimum atomic E-state index is -0.729. The summed E-state index contributed by atoms with van der Waals surface area (Å²) in [7, 11) is -0.729. The van der Waals surface area contributed by atoms with E-state index in [1.54, 1.807) is 5.30 Å². The van der Waals surface area contributed by atoms with E-state index in [-0.39, 0.29) is 17.0 Å². The Kier molecular flexibility index (Phi) is 4.15. The first-order valence-electron chi connectivity index (χ1n) is 5.11. The number of hydrogen-bond donors (Lipinski definition) is 0. The molecule has 1 aromatic carbocycles. The van der Waals surface area contributed by atoms with Gasteiger partial charge in [0.05, 0.1) is 24.3 Å². The van der Waals surface area contributed by atoms with Gasteiger partial charge in [-0.15, -0.1) is 0 Å². The molecule has 1 unspecified atom stereocenters. The van der Waals surface area contributed by atoms with Crippen molar-refractivity contribution in [2.24, 2.45) is 5.92 Å². The molecule has 0 N–H and O–H groups in total. The molecule has 0 nitrogen and oxygen atoms in total. The summed E-state index contributed by atoms with van der Waals surface area (Å²) in [6.07, 6.45) is 4.38. The van der Waals surface area contributed by atoms with Crippen molar-refractivity contribution >= 4 is 12.6 Å². The highest BCUT2D eigenvalue weighted by atomic mass is 79.9. The van der Waals surface area contributed by atoms with E-state index in [0.29, 0.717) is 0 Å². The fourth-order valence-electron chi connectivity index (χ4n) is 2.40. The molecule has 2 heteroatoms. The lowest BCUT2D eigenvalue weighted by Crippen LogP contribution is -3.00. The van der Waals surface area contributed by atoms with E-state index in [4.69, 9.17) is 0 Å². The topological polar surface area (TPSA) is 0 Å². The molecule has 0 bridgehead atoms. The summed E-state index contributed by atoms with van der Waals surface area (Å²) in [5.41, 5.74) is 0. The number of halogens is 1. The molecule has 1 heterocycles. The van der Waals surface area contributed by atoms with Crippen LogP contribution < -0.4 is 22.3 Å². The van der Waals surface area contributed by atoms with E-state index in [9.17, 15) is 0 Å². The lowest BCUT2D eigenvalue weighted by molar-refractivity contribution is -0.00000286. The van der Waals surface area contributed by atoms with Crippen LogP contribution in [0.15, 0.2) is 30.3 Å². The average Bonchev–Trinajstić information content (AvgIpc) is 2.49. The summed E-state index contributed by atoms with van der Waals surface area (Å²) in [5, 5.41) is 1.64. The van der Waals surface area contributed by atoms with Gasteiger partial charge in [-0.1, -0.05) is 25.1 Å². The summed E-state index contributed by atoms with van der Waals surface area (Å²) < 4.78 is 0. The van der Waals surface area contributed by atoms with Gasteiger partial charge in [0.1, 0.15) is 0 Å². The van der Waals surface area contributed by atoms with Crippen LogP contribution in [0.2, 0.25) is 0 Å². The molecule has 1 fully saturated rings. The zero-order chi connectivity index (χ0) is 9.31. The Hall–Kier alpha value is 0.130. The van der Waals surface area contributed by atoms with E-state index >= 15 is 0 Å². The second-order valence-corrected chi connectivity index (χ2v) is 8.65. The highest BCUT2D eigenvalue weighted by Crippen LogP contribution is 2.60. The highest BCUT2D eigenvalue weighted by Gasteiger charge is 2.41. The molecule has 0 saturated carbocycles. The third-order valence-corrected chi connectivity index (χ3v) is 7.43. The largest absolute Gasteiger partial charge is 1.00 e. The van der Waals surface area contributed by atoms with Gasteiger partial charge in [0.2, 0.25) is 0 Å². The molecule has 1 aliphatic rings. The van der Waals surface area contributed by atoms with Gasteiger partial charge in [-0.3, -0.25) is 0 Å². The molecule has 1 aromatic rings. The quantitative estimate of drug-likeness (QED) is 0.632. The fourth-order valence-corrected chi connectivity index (χ4v) is 6.51. The first-order valence-corrected chi connectivity index (χ1v) is 7.71. The molecule has 2 atom stereocenters. The SMILES string of the molecule is C[C@H]1CC[P+](C)(c2ccccc2)C1.[Br-]. The number of rotatable bonds is 1. The zero-order valence-electron chi connectivity index (χ0n) is 8.91.